The summed E-state index contributed by atoms with van der Waals surface area (Å²) < 4.78 is 34.2. The van der Waals surface area contributed by atoms with Crippen molar-refractivity contribution in [2.24, 2.45) is 0 Å². The Kier molecular flexibility index (Phi) is 59.4. The number of rotatable bonds is 58. The zero-order valence-electron chi connectivity index (χ0n) is 53.8. The fraction of sp³-hybridized carbons (Fsp3) is 0.595. The van der Waals surface area contributed by atoms with E-state index in [1.165, 1.54) is 64.2 Å². The second kappa shape index (κ2) is 62.9. The summed E-state index contributed by atoms with van der Waals surface area (Å²) in [5, 5.41) is 0. The number of hydrogen-bond donors (Lipinski definition) is 0. The summed E-state index contributed by atoms with van der Waals surface area (Å²) in [6.07, 6.45) is 95.6. The van der Waals surface area contributed by atoms with Gasteiger partial charge in [-0.25, -0.2) is 0 Å². The fourth-order valence-corrected chi connectivity index (χ4v) is 8.92. The van der Waals surface area contributed by atoms with Crippen LogP contribution in [0, 0.1) is 0 Å². The molecule has 0 bridgehead atoms. The van der Waals surface area contributed by atoms with E-state index >= 15 is 0 Å². The minimum Gasteiger partial charge on any atom is -0.756 e. The Morgan fingerprint density at radius 1 is 0.381 bits per heavy atom. The van der Waals surface area contributed by atoms with Gasteiger partial charge in [0.15, 0.2) is 6.10 Å². The van der Waals surface area contributed by atoms with Gasteiger partial charge < -0.3 is 27.9 Å². The summed E-state index contributed by atoms with van der Waals surface area (Å²) in [7, 11) is 1.11. The Morgan fingerprint density at radius 3 is 1.02 bits per heavy atom. The van der Waals surface area contributed by atoms with Crippen LogP contribution in [0.25, 0.3) is 0 Å². The van der Waals surface area contributed by atoms with Crippen LogP contribution < -0.4 is 4.89 Å². The van der Waals surface area contributed by atoms with Crippen molar-refractivity contribution in [1.29, 1.82) is 0 Å². The molecule has 0 aromatic carbocycles. The molecule has 474 valence electrons. The third-order valence-corrected chi connectivity index (χ3v) is 14.2. The summed E-state index contributed by atoms with van der Waals surface area (Å²) in [5.74, 6) is -0.892. The monoisotopic (exact) mass is 1180 g/mol. The van der Waals surface area contributed by atoms with Gasteiger partial charge in [-0.05, 0) is 135 Å². The van der Waals surface area contributed by atoms with Crippen LogP contribution in [0.2, 0.25) is 0 Å². The summed E-state index contributed by atoms with van der Waals surface area (Å²) in [6, 6.07) is 0. The Morgan fingerprint density at radius 2 is 0.679 bits per heavy atom. The maximum absolute atomic E-state index is 12.8. The van der Waals surface area contributed by atoms with Crippen molar-refractivity contribution in [3.05, 3.63) is 170 Å². The molecule has 0 heterocycles. The molecule has 0 aliphatic rings. The van der Waals surface area contributed by atoms with Crippen LogP contribution in [-0.4, -0.2) is 70.0 Å². The van der Waals surface area contributed by atoms with E-state index in [0.29, 0.717) is 23.9 Å². The molecular formula is C74H120NO8P. The van der Waals surface area contributed by atoms with Crippen molar-refractivity contribution in [2.75, 3.05) is 47.5 Å². The molecular weight excluding hydrogens is 1060 g/mol. The molecule has 0 fully saturated rings. The molecule has 0 radical (unpaired) electrons. The number of esters is 2. The summed E-state index contributed by atoms with van der Waals surface area (Å²) in [5.41, 5.74) is 0. The van der Waals surface area contributed by atoms with E-state index in [-0.39, 0.29) is 26.1 Å². The van der Waals surface area contributed by atoms with Gasteiger partial charge >= 0.3 is 11.9 Å². The second-order valence-corrected chi connectivity index (χ2v) is 23.8. The predicted octanol–water partition coefficient (Wildman–Crippen LogP) is 20.7. The molecule has 0 aliphatic heterocycles. The number of ether oxygens (including phenoxy) is 2. The normalized spacial score (nSPS) is 14.3. The summed E-state index contributed by atoms with van der Waals surface area (Å²) in [4.78, 5) is 38.0. The first kappa shape index (κ1) is 79.4. The number of quaternary nitrogens is 1. The lowest BCUT2D eigenvalue weighted by atomic mass is 10.1. The van der Waals surface area contributed by atoms with Gasteiger partial charge in [-0.1, -0.05) is 255 Å². The molecule has 84 heavy (non-hydrogen) atoms. The highest BCUT2D eigenvalue weighted by Crippen LogP contribution is 2.38. The molecule has 2 atom stereocenters. The van der Waals surface area contributed by atoms with Crippen LogP contribution in [0.15, 0.2) is 170 Å². The topological polar surface area (TPSA) is 111 Å². The van der Waals surface area contributed by atoms with Gasteiger partial charge in [0.1, 0.15) is 19.8 Å². The van der Waals surface area contributed by atoms with Crippen LogP contribution in [0.3, 0.4) is 0 Å². The van der Waals surface area contributed by atoms with Crippen LogP contribution in [0.4, 0.5) is 0 Å². The maximum atomic E-state index is 12.8. The average molecular weight is 1180 g/mol. The molecule has 0 aliphatic carbocycles. The van der Waals surface area contributed by atoms with E-state index in [1.54, 1.807) is 0 Å². The molecule has 0 amide bonds. The Hall–Kier alpha value is -4.63. The molecule has 0 aromatic rings. The van der Waals surface area contributed by atoms with E-state index in [9.17, 15) is 19.0 Å². The number of hydrogen-bond acceptors (Lipinski definition) is 8. The van der Waals surface area contributed by atoms with E-state index < -0.39 is 32.5 Å². The first-order chi connectivity index (χ1) is 41.0. The molecule has 0 rings (SSSR count). The maximum Gasteiger partial charge on any atom is 0.306 e. The van der Waals surface area contributed by atoms with E-state index in [2.05, 4.69) is 184 Å². The number of carbonyl (C=O) groups excluding carboxylic acids is 2. The zero-order chi connectivity index (χ0) is 61.2. The number of allylic oxidation sites excluding steroid dienone is 28. The number of carbonyl (C=O) groups is 2. The van der Waals surface area contributed by atoms with Gasteiger partial charge in [0.05, 0.1) is 27.7 Å². The van der Waals surface area contributed by atoms with Crippen molar-refractivity contribution in [1.82, 2.24) is 0 Å². The van der Waals surface area contributed by atoms with E-state index in [4.69, 9.17) is 18.5 Å². The molecule has 0 saturated heterocycles. The summed E-state index contributed by atoms with van der Waals surface area (Å²) in [6.45, 7) is 4.05. The molecule has 0 saturated carbocycles. The predicted molar refractivity (Wildman–Crippen MR) is 360 cm³/mol. The van der Waals surface area contributed by atoms with Gasteiger partial charge in [0.25, 0.3) is 7.82 Å². The highest BCUT2D eigenvalue weighted by atomic mass is 31.2. The van der Waals surface area contributed by atoms with Gasteiger partial charge in [0.2, 0.25) is 0 Å². The molecule has 0 N–H and O–H groups in total. The second-order valence-electron chi connectivity index (χ2n) is 22.4. The van der Waals surface area contributed by atoms with Crippen molar-refractivity contribution in [3.63, 3.8) is 0 Å². The van der Waals surface area contributed by atoms with Crippen molar-refractivity contribution >= 4 is 19.8 Å². The van der Waals surface area contributed by atoms with Crippen molar-refractivity contribution in [3.8, 4) is 0 Å². The van der Waals surface area contributed by atoms with Gasteiger partial charge in [-0.15, -0.1) is 0 Å². The lowest BCUT2D eigenvalue weighted by Crippen LogP contribution is -2.37. The number of likely N-dealkylation sites (N-methyl/N-ethyl adjacent to an activating group) is 1. The SMILES string of the molecule is CC/C=C\C/C=C\C/C=C\C/C=C\C/C=C\C/C=C\C/C=C\C/C=C\C/C=C\C/C=C\C/C=C\CCCCCC(=O)OC(COC(=O)CCCCCCCCCC/C=C\C/C=C\C/C=C\CCCCCCC)COP(=O)([O-])OCC[N+](C)(C)C. The molecule has 2 unspecified atom stereocenters. The third kappa shape index (κ3) is 66.5. The number of phosphoric ester groups is 1. The quantitative estimate of drug-likeness (QED) is 0.0195. The van der Waals surface area contributed by atoms with Crippen LogP contribution in [-0.2, 0) is 32.7 Å². The standard InChI is InChI=1S/C74H120NO8P/c1-6-8-10-12-14-16-18-20-22-24-26-28-30-31-32-33-34-35-36-37-38-39-40-41-42-43-45-47-49-51-53-55-57-59-61-63-65-67-74(77)83-72(71-82-84(78,79)81-69-68-75(3,4)5)70-80-73(76)66-64-62-60-58-56-54-52-50-48-46-44-29-27-25-23-21-19-17-15-13-11-9-7-2/h8,10,14,16,19-22,25-28,31-32,34-35,37-38,40-41,43-46,49,51,55,57,72H,6-7,9,11-13,15,17-18,23-24,29-30,33,36,39,42,47-48,50,52-54,56,58-71H2,1-5H3/b10-8-,16-14-,21-19-,22-20-,27-25-,28-26-,32-31-,35-34-,38-37-,41-40-,45-43-,46-44-,51-49-,57-55-. The highest BCUT2D eigenvalue weighted by Gasteiger charge is 2.22. The highest BCUT2D eigenvalue weighted by molar-refractivity contribution is 7.45. The average Bonchev–Trinajstić information content (AvgIpc) is 3.61. The van der Waals surface area contributed by atoms with Crippen LogP contribution >= 0.6 is 7.82 Å². The first-order valence-electron chi connectivity index (χ1n) is 32.8. The lowest BCUT2D eigenvalue weighted by molar-refractivity contribution is -0.870. The zero-order valence-corrected chi connectivity index (χ0v) is 54.7. The largest absolute Gasteiger partial charge is 0.756 e. The van der Waals surface area contributed by atoms with Crippen molar-refractivity contribution < 1.29 is 42.1 Å². The molecule has 0 aromatic heterocycles. The minimum atomic E-state index is -4.66. The van der Waals surface area contributed by atoms with Gasteiger partial charge in [-0.2, -0.15) is 0 Å². The molecule has 0 spiro atoms. The van der Waals surface area contributed by atoms with Gasteiger partial charge in [-0.3, -0.25) is 14.2 Å². The lowest BCUT2D eigenvalue weighted by Gasteiger charge is -2.28. The van der Waals surface area contributed by atoms with Crippen LogP contribution in [0.1, 0.15) is 232 Å². The Labute approximate surface area is 515 Å². The van der Waals surface area contributed by atoms with E-state index in [1.807, 2.05) is 21.1 Å². The van der Waals surface area contributed by atoms with Crippen molar-refractivity contribution in [2.45, 2.75) is 238 Å². The number of nitrogens with zero attached hydrogens (tertiary/aromatic N) is 1. The third-order valence-electron chi connectivity index (χ3n) is 13.2. The fourth-order valence-electron chi connectivity index (χ4n) is 8.20. The smallest absolute Gasteiger partial charge is 0.306 e. The number of unbranched alkanes of at least 4 members (excludes halogenated alkanes) is 16. The Balaban J connectivity index is 4.26. The van der Waals surface area contributed by atoms with Gasteiger partial charge in [0, 0.05) is 12.8 Å². The number of phosphoric acid groups is 1. The first-order valence-corrected chi connectivity index (χ1v) is 34.3. The Bertz CT molecular complexity index is 2020. The molecule has 9 nitrogen and oxygen atoms in total. The van der Waals surface area contributed by atoms with E-state index in [0.717, 1.165) is 128 Å². The minimum absolute atomic E-state index is 0.0487. The molecule has 10 heteroatoms. The summed E-state index contributed by atoms with van der Waals surface area (Å²) >= 11 is 0. The van der Waals surface area contributed by atoms with Crippen LogP contribution in [0.5, 0.6) is 0 Å².